The number of carbonyl (C=O) groups excluding carboxylic acids is 1. The van der Waals surface area contributed by atoms with Gasteiger partial charge in [0, 0.05) is 41.3 Å². The molecule has 1 aliphatic heterocycles. The fourth-order valence-electron chi connectivity index (χ4n) is 5.00. The van der Waals surface area contributed by atoms with Crippen LogP contribution in [0.2, 0.25) is 0 Å². The third-order valence-electron chi connectivity index (χ3n) is 6.82. The molecule has 0 spiro atoms. The van der Waals surface area contributed by atoms with E-state index >= 15 is 0 Å². The number of piperidine rings is 1. The van der Waals surface area contributed by atoms with Crippen LogP contribution in [0.1, 0.15) is 43.4 Å². The summed E-state index contributed by atoms with van der Waals surface area (Å²) in [5, 5.41) is 3.98. The lowest BCUT2D eigenvalue weighted by Crippen LogP contribution is -2.41. The van der Waals surface area contributed by atoms with E-state index in [4.69, 9.17) is 0 Å². The highest BCUT2D eigenvalue weighted by atomic mass is 32.2. The molecule has 0 atom stereocenters. The summed E-state index contributed by atoms with van der Waals surface area (Å²) in [4.78, 5) is 16.4. The van der Waals surface area contributed by atoms with E-state index < -0.39 is 10.0 Å². The van der Waals surface area contributed by atoms with Gasteiger partial charge in [-0.25, -0.2) is 8.42 Å². The van der Waals surface area contributed by atoms with Crippen LogP contribution in [0.5, 0.6) is 0 Å². The summed E-state index contributed by atoms with van der Waals surface area (Å²) in [5.74, 6) is -0.214. The Morgan fingerprint density at radius 2 is 1.72 bits per heavy atom. The second-order valence-corrected chi connectivity index (χ2v) is 10.8. The van der Waals surface area contributed by atoms with Gasteiger partial charge in [-0.3, -0.25) is 4.79 Å². The summed E-state index contributed by atoms with van der Waals surface area (Å²) in [6.07, 6.45) is 6.63. The standard InChI is InChI=1S/C25H29N3O3S/c29-25(26-19-7-3-1-4-8-19)18-13-15-28(16-14-18)32(30,31)20-11-12-24-22(17-20)21-9-5-2-6-10-23(21)27-24/h1,3-4,7-8,11-12,17-18,27H,2,5-6,9-10,13-16H2,(H,26,29). The van der Waals surface area contributed by atoms with Crippen LogP contribution in [-0.4, -0.2) is 36.7 Å². The lowest BCUT2D eigenvalue weighted by atomic mass is 9.97. The van der Waals surface area contributed by atoms with Gasteiger partial charge in [0.1, 0.15) is 0 Å². The van der Waals surface area contributed by atoms with Gasteiger partial charge in [-0.2, -0.15) is 4.31 Å². The van der Waals surface area contributed by atoms with Gasteiger partial charge in [0.2, 0.25) is 15.9 Å². The Kier molecular flexibility index (Phi) is 5.78. The third-order valence-corrected chi connectivity index (χ3v) is 8.72. The van der Waals surface area contributed by atoms with Gasteiger partial charge in [0.05, 0.1) is 4.90 Å². The number of aryl methyl sites for hydroxylation is 2. The Bertz CT molecular complexity index is 1230. The number of benzene rings is 2. The molecule has 6 nitrogen and oxygen atoms in total. The maximum absolute atomic E-state index is 13.4. The van der Waals surface area contributed by atoms with Gasteiger partial charge in [-0.05, 0) is 74.4 Å². The number of H-pyrrole nitrogens is 1. The van der Waals surface area contributed by atoms with Crippen LogP contribution in [0.3, 0.4) is 0 Å². The van der Waals surface area contributed by atoms with Crippen molar-refractivity contribution < 1.29 is 13.2 Å². The minimum absolute atomic E-state index is 0.0373. The first-order valence-corrected chi connectivity index (χ1v) is 13.0. The molecule has 7 heteroatoms. The Balaban J connectivity index is 1.30. The molecule has 1 fully saturated rings. The molecule has 168 valence electrons. The van der Waals surface area contributed by atoms with Crippen LogP contribution >= 0.6 is 0 Å². The highest BCUT2D eigenvalue weighted by molar-refractivity contribution is 7.89. The maximum atomic E-state index is 13.4. The molecule has 1 saturated heterocycles. The number of rotatable bonds is 4. The number of anilines is 1. The quantitative estimate of drug-likeness (QED) is 0.574. The number of para-hydroxylation sites is 1. The Morgan fingerprint density at radius 1 is 0.969 bits per heavy atom. The number of hydrogen-bond donors (Lipinski definition) is 2. The van der Waals surface area contributed by atoms with Crippen LogP contribution in [0.15, 0.2) is 53.4 Å². The number of hydrogen-bond acceptors (Lipinski definition) is 3. The summed E-state index contributed by atoms with van der Waals surface area (Å²) in [6, 6.07) is 14.8. The van der Waals surface area contributed by atoms with E-state index in [1.165, 1.54) is 28.4 Å². The summed E-state index contributed by atoms with van der Waals surface area (Å²) >= 11 is 0. The number of fused-ring (bicyclic) bond motifs is 3. The predicted octanol–water partition coefficient (Wildman–Crippen LogP) is 4.48. The molecule has 2 heterocycles. The van der Waals surface area contributed by atoms with Crippen molar-refractivity contribution in [2.75, 3.05) is 18.4 Å². The number of sulfonamides is 1. The first kappa shape index (κ1) is 21.2. The predicted molar refractivity (Wildman–Crippen MR) is 126 cm³/mol. The topological polar surface area (TPSA) is 82.3 Å². The van der Waals surface area contributed by atoms with Crippen molar-refractivity contribution in [2.45, 2.75) is 49.8 Å². The first-order chi connectivity index (χ1) is 15.5. The molecule has 3 aromatic rings. The average molecular weight is 452 g/mol. The number of aromatic amines is 1. The highest BCUT2D eigenvalue weighted by Gasteiger charge is 2.32. The van der Waals surface area contributed by atoms with E-state index in [0.717, 1.165) is 35.9 Å². The zero-order chi connectivity index (χ0) is 22.1. The van der Waals surface area contributed by atoms with Crippen LogP contribution in [0.25, 0.3) is 10.9 Å². The first-order valence-electron chi connectivity index (χ1n) is 11.5. The van der Waals surface area contributed by atoms with Crippen molar-refractivity contribution in [3.05, 3.63) is 59.8 Å². The number of nitrogens with zero attached hydrogens (tertiary/aromatic N) is 1. The van der Waals surface area contributed by atoms with Gasteiger partial charge in [-0.1, -0.05) is 24.6 Å². The largest absolute Gasteiger partial charge is 0.358 e. The molecule has 0 saturated carbocycles. The van der Waals surface area contributed by atoms with Crippen molar-refractivity contribution in [1.82, 2.24) is 9.29 Å². The normalized spacial score (nSPS) is 18.2. The molecule has 0 bridgehead atoms. The lowest BCUT2D eigenvalue weighted by Gasteiger charge is -2.30. The van der Waals surface area contributed by atoms with E-state index in [0.29, 0.717) is 30.8 Å². The Labute approximate surface area is 189 Å². The second-order valence-electron chi connectivity index (χ2n) is 8.88. The number of carbonyl (C=O) groups is 1. The monoisotopic (exact) mass is 451 g/mol. The zero-order valence-corrected chi connectivity index (χ0v) is 19.0. The SMILES string of the molecule is O=C(Nc1ccccc1)C1CCN(S(=O)(=O)c2ccc3[nH]c4c(c3c2)CCCCC4)CC1. The lowest BCUT2D eigenvalue weighted by molar-refractivity contribution is -0.120. The van der Waals surface area contributed by atoms with Crippen LogP contribution in [0, 0.1) is 5.92 Å². The molecule has 32 heavy (non-hydrogen) atoms. The molecule has 2 N–H and O–H groups in total. The van der Waals surface area contributed by atoms with Crippen LogP contribution in [0.4, 0.5) is 5.69 Å². The molecule has 2 aliphatic rings. The Morgan fingerprint density at radius 3 is 2.50 bits per heavy atom. The van der Waals surface area contributed by atoms with Crippen molar-refractivity contribution in [1.29, 1.82) is 0 Å². The number of amides is 1. The van der Waals surface area contributed by atoms with Crippen molar-refractivity contribution in [3.8, 4) is 0 Å². The summed E-state index contributed by atoms with van der Waals surface area (Å²) < 4.78 is 28.3. The van der Waals surface area contributed by atoms with Crippen molar-refractivity contribution in [2.24, 2.45) is 5.92 Å². The van der Waals surface area contributed by atoms with Gasteiger partial charge in [0.25, 0.3) is 0 Å². The zero-order valence-electron chi connectivity index (χ0n) is 18.1. The molecule has 0 unspecified atom stereocenters. The molecule has 1 aromatic heterocycles. The summed E-state index contributed by atoms with van der Waals surface area (Å²) in [7, 11) is -3.59. The highest BCUT2D eigenvalue weighted by Crippen LogP contribution is 2.32. The smallest absolute Gasteiger partial charge is 0.243 e. The molecular weight excluding hydrogens is 422 g/mol. The Hall–Kier alpha value is -2.64. The molecule has 1 aliphatic carbocycles. The number of aromatic nitrogens is 1. The average Bonchev–Trinajstić information content (AvgIpc) is 2.99. The van der Waals surface area contributed by atoms with Gasteiger partial charge < -0.3 is 10.3 Å². The van der Waals surface area contributed by atoms with E-state index in [-0.39, 0.29) is 11.8 Å². The van der Waals surface area contributed by atoms with E-state index in [2.05, 4.69) is 10.3 Å². The van der Waals surface area contributed by atoms with E-state index in [1.807, 2.05) is 42.5 Å². The number of nitrogens with one attached hydrogen (secondary N) is 2. The van der Waals surface area contributed by atoms with Crippen molar-refractivity contribution in [3.63, 3.8) is 0 Å². The molecular formula is C25H29N3O3S. The minimum atomic E-state index is -3.59. The molecule has 0 radical (unpaired) electrons. The third kappa shape index (κ3) is 4.07. The molecule has 5 rings (SSSR count). The molecule has 2 aromatic carbocycles. The summed E-state index contributed by atoms with van der Waals surface area (Å²) in [5.41, 5.74) is 4.33. The molecule has 1 amide bonds. The van der Waals surface area contributed by atoms with Gasteiger partial charge in [-0.15, -0.1) is 0 Å². The van der Waals surface area contributed by atoms with E-state index in [9.17, 15) is 13.2 Å². The fraction of sp³-hybridized carbons (Fsp3) is 0.400. The maximum Gasteiger partial charge on any atom is 0.243 e. The second kappa shape index (κ2) is 8.71. The van der Waals surface area contributed by atoms with Crippen LogP contribution < -0.4 is 5.32 Å². The van der Waals surface area contributed by atoms with E-state index in [1.54, 1.807) is 6.07 Å². The summed E-state index contributed by atoms with van der Waals surface area (Å²) in [6.45, 7) is 0.719. The minimum Gasteiger partial charge on any atom is -0.358 e. The van der Waals surface area contributed by atoms with Crippen molar-refractivity contribution >= 4 is 32.5 Å². The van der Waals surface area contributed by atoms with Gasteiger partial charge >= 0.3 is 0 Å². The van der Waals surface area contributed by atoms with Crippen LogP contribution in [-0.2, 0) is 27.7 Å². The fourth-order valence-corrected chi connectivity index (χ4v) is 6.49. The van der Waals surface area contributed by atoms with Gasteiger partial charge in [0.15, 0.2) is 0 Å².